The Morgan fingerprint density at radius 2 is 2.32 bits per heavy atom. The van der Waals surface area contributed by atoms with Crippen LogP contribution in [-0.4, -0.2) is 48.8 Å². The van der Waals surface area contributed by atoms with E-state index in [0.29, 0.717) is 12.1 Å². The molecule has 4 nitrogen and oxygen atoms in total. The Morgan fingerprint density at radius 1 is 1.47 bits per heavy atom. The molecular weight excluding hydrogens is 238 g/mol. The highest BCUT2D eigenvalue weighted by molar-refractivity contribution is 5.27. The summed E-state index contributed by atoms with van der Waals surface area (Å²) < 4.78 is 5.39. The topological polar surface area (TPSA) is 37.4 Å². The minimum atomic E-state index is 0.437. The zero-order valence-corrected chi connectivity index (χ0v) is 11.6. The zero-order chi connectivity index (χ0) is 13.1. The molecular formula is C15H23N3O. The van der Waals surface area contributed by atoms with Gasteiger partial charge in [-0.05, 0) is 31.4 Å². The number of hydrogen-bond acceptors (Lipinski definition) is 4. The highest BCUT2D eigenvalue weighted by atomic mass is 16.5. The van der Waals surface area contributed by atoms with Gasteiger partial charge in [0.25, 0.3) is 0 Å². The Morgan fingerprint density at radius 3 is 3.16 bits per heavy atom. The average molecular weight is 261 g/mol. The number of hydrogen-bond donors (Lipinski definition) is 1. The number of morpholine rings is 1. The van der Waals surface area contributed by atoms with Crippen molar-refractivity contribution in [2.45, 2.75) is 31.8 Å². The largest absolute Gasteiger partial charge is 0.379 e. The number of pyridine rings is 1. The van der Waals surface area contributed by atoms with E-state index in [1.54, 1.807) is 0 Å². The van der Waals surface area contributed by atoms with Gasteiger partial charge in [0.1, 0.15) is 0 Å². The molecule has 1 saturated heterocycles. The lowest BCUT2D eigenvalue weighted by Gasteiger charge is -2.30. The number of nitrogens with zero attached hydrogens (tertiary/aromatic N) is 2. The summed E-state index contributed by atoms with van der Waals surface area (Å²) in [5.41, 5.74) is 2.68. The summed E-state index contributed by atoms with van der Waals surface area (Å²) in [5.74, 6) is 0. The lowest BCUT2D eigenvalue weighted by Crippen LogP contribution is -2.45. The number of aromatic nitrogens is 1. The number of aryl methyl sites for hydroxylation is 1. The third-order valence-corrected chi connectivity index (χ3v) is 4.08. The summed E-state index contributed by atoms with van der Waals surface area (Å²) in [6.07, 6.45) is 4.25. The van der Waals surface area contributed by atoms with E-state index in [1.165, 1.54) is 17.7 Å². The van der Waals surface area contributed by atoms with Gasteiger partial charge in [0.05, 0.1) is 24.9 Å². The summed E-state index contributed by atoms with van der Waals surface area (Å²) in [6.45, 7) is 7.25. The molecule has 1 aliphatic heterocycles. The van der Waals surface area contributed by atoms with E-state index in [1.807, 2.05) is 12.3 Å². The third kappa shape index (κ3) is 3.14. The summed E-state index contributed by atoms with van der Waals surface area (Å²) in [6, 6.07) is 5.18. The summed E-state index contributed by atoms with van der Waals surface area (Å²) >= 11 is 0. The first-order valence-corrected chi connectivity index (χ1v) is 7.33. The quantitative estimate of drug-likeness (QED) is 0.888. The molecule has 1 N–H and O–H groups in total. The lowest BCUT2D eigenvalue weighted by atomic mass is 10.2. The van der Waals surface area contributed by atoms with Crippen molar-refractivity contribution in [1.82, 2.24) is 15.2 Å². The Labute approximate surface area is 115 Å². The van der Waals surface area contributed by atoms with Crippen molar-refractivity contribution in [2.24, 2.45) is 0 Å². The highest BCUT2D eigenvalue weighted by Gasteiger charge is 2.25. The summed E-state index contributed by atoms with van der Waals surface area (Å²) in [5, 5.41) is 3.74. The van der Waals surface area contributed by atoms with Crippen molar-refractivity contribution in [1.29, 1.82) is 0 Å². The van der Waals surface area contributed by atoms with E-state index in [-0.39, 0.29) is 0 Å². The Hall–Kier alpha value is -0.970. The van der Waals surface area contributed by atoms with Crippen LogP contribution in [-0.2, 0) is 11.2 Å². The van der Waals surface area contributed by atoms with E-state index >= 15 is 0 Å². The molecule has 19 heavy (non-hydrogen) atoms. The molecule has 4 heteroatoms. The smallest absolute Gasteiger partial charge is 0.0605 e. The molecule has 3 rings (SSSR count). The fourth-order valence-corrected chi connectivity index (χ4v) is 3.14. The second-order valence-electron chi connectivity index (χ2n) is 5.62. The predicted octanol–water partition coefficient (Wildman–Crippen LogP) is 1.38. The van der Waals surface area contributed by atoms with Crippen molar-refractivity contribution in [2.75, 3.05) is 32.8 Å². The van der Waals surface area contributed by atoms with Gasteiger partial charge >= 0.3 is 0 Å². The normalized spacial score (nSPS) is 25.2. The van der Waals surface area contributed by atoms with Crippen LogP contribution in [0.15, 0.2) is 18.3 Å². The van der Waals surface area contributed by atoms with Crippen molar-refractivity contribution in [3.05, 3.63) is 29.6 Å². The molecule has 1 aromatic heterocycles. The number of rotatable bonds is 4. The maximum absolute atomic E-state index is 5.39. The second kappa shape index (κ2) is 5.99. The van der Waals surface area contributed by atoms with E-state index in [4.69, 9.17) is 4.74 Å². The molecule has 0 saturated carbocycles. The molecule has 0 aromatic carbocycles. The van der Waals surface area contributed by atoms with E-state index in [2.05, 4.69) is 28.2 Å². The predicted molar refractivity (Wildman–Crippen MR) is 75.2 cm³/mol. The van der Waals surface area contributed by atoms with Gasteiger partial charge < -0.3 is 10.1 Å². The van der Waals surface area contributed by atoms with Gasteiger partial charge in [-0.1, -0.05) is 6.07 Å². The molecule has 2 aliphatic rings. The minimum Gasteiger partial charge on any atom is -0.379 e. The van der Waals surface area contributed by atoms with Gasteiger partial charge in [0.2, 0.25) is 0 Å². The van der Waals surface area contributed by atoms with Crippen LogP contribution < -0.4 is 5.32 Å². The van der Waals surface area contributed by atoms with Crippen LogP contribution in [0.1, 0.15) is 30.6 Å². The maximum Gasteiger partial charge on any atom is 0.0605 e. The maximum atomic E-state index is 5.39. The minimum absolute atomic E-state index is 0.437. The zero-order valence-electron chi connectivity index (χ0n) is 11.6. The average Bonchev–Trinajstić information content (AvgIpc) is 2.83. The summed E-state index contributed by atoms with van der Waals surface area (Å²) in [7, 11) is 0. The van der Waals surface area contributed by atoms with Gasteiger partial charge in [0, 0.05) is 31.9 Å². The molecule has 104 valence electrons. The first kappa shape index (κ1) is 13.0. The molecule has 2 unspecified atom stereocenters. The van der Waals surface area contributed by atoms with Crippen LogP contribution in [0.5, 0.6) is 0 Å². The standard InChI is InChI=1S/C15H23N3O/c1-12(11-18-7-9-19-10-8-18)17-14-5-4-13-3-2-6-16-15(13)14/h2-3,6,12,14,17H,4-5,7-11H2,1H3. The highest BCUT2D eigenvalue weighted by Crippen LogP contribution is 2.29. The van der Waals surface area contributed by atoms with Crippen molar-refractivity contribution in [3.8, 4) is 0 Å². The van der Waals surface area contributed by atoms with Gasteiger partial charge in [-0.2, -0.15) is 0 Å². The van der Waals surface area contributed by atoms with E-state index < -0.39 is 0 Å². The van der Waals surface area contributed by atoms with Crippen LogP contribution in [0.25, 0.3) is 0 Å². The van der Waals surface area contributed by atoms with Crippen molar-refractivity contribution in [3.63, 3.8) is 0 Å². The van der Waals surface area contributed by atoms with Gasteiger partial charge in [-0.3, -0.25) is 9.88 Å². The molecule has 0 bridgehead atoms. The van der Waals surface area contributed by atoms with Crippen molar-refractivity contribution < 1.29 is 4.74 Å². The number of nitrogens with one attached hydrogen (secondary N) is 1. The third-order valence-electron chi connectivity index (χ3n) is 4.08. The Balaban J connectivity index is 1.54. The van der Waals surface area contributed by atoms with Crippen LogP contribution in [0, 0.1) is 0 Å². The second-order valence-corrected chi connectivity index (χ2v) is 5.62. The van der Waals surface area contributed by atoms with Crippen molar-refractivity contribution >= 4 is 0 Å². The molecule has 1 aliphatic carbocycles. The van der Waals surface area contributed by atoms with Crippen LogP contribution >= 0.6 is 0 Å². The molecule has 1 fully saturated rings. The molecule has 0 radical (unpaired) electrons. The van der Waals surface area contributed by atoms with Gasteiger partial charge in [0.15, 0.2) is 0 Å². The van der Waals surface area contributed by atoms with Gasteiger partial charge in [-0.25, -0.2) is 0 Å². The fraction of sp³-hybridized carbons (Fsp3) is 0.667. The molecule has 0 spiro atoms. The first-order chi connectivity index (χ1) is 9.33. The van der Waals surface area contributed by atoms with E-state index in [0.717, 1.165) is 39.3 Å². The summed E-state index contributed by atoms with van der Waals surface area (Å²) in [4.78, 5) is 7.03. The van der Waals surface area contributed by atoms with Crippen LogP contribution in [0.3, 0.4) is 0 Å². The monoisotopic (exact) mass is 261 g/mol. The molecule has 1 aromatic rings. The van der Waals surface area contributed by atoms with Crippen LogP contribution in [0.4, 0.5) is 0 Å². The molecule has 2 atom stereocenters. The SMILES string of the molecule is CC(CN1CCOCC1)NC1CCc2cccnc21. The molecule has 0 amide bonds. The Kier molecular flexibility index (Phi) is 4.11. The van der Waals surface area contributed by atoms with Gasteiger partial charge in [-0.15, -0.1) is 0 Å². The number of ether oxygens (including phenoxy) is 1. The van der Waals surface area contributed by atoms with E-state index in [9.17, 15) is 0 Å². The Bertz CT molecular complexity index is 418. The lowest BCUT2D eigenvalue weighted by molar-refractivity contribution is 0.0338. The first-order valence-electron chi connectivity index (χ1n) is 7.33. The molecule has 2 heterocycles. The fourth-order valence-electron chi connectivity index (χ4n) is 3.14. The number of fused-ring (bicyclic) bond motifs is 1. The van der Waals surface area contributed by atoms with Crippen LogP contribution in [0.2, 0.25) is 0 Å².